The van der Waals surface area contributed by atoms with Crippen LogP contribution in [-0.2, 0) is 32.3 Å². The van der Waals surface area contributed by atoms with Crippen LogP contribution < -0.4 is 11.2 Å². The third-order valence-corrected chi connectivity index (χ3v) is 4.47. The van der Waals surface area contributed by atoms with Gasteiger partial charge < -0.3 is 24.2 Å². The minimum absolute atomic E-state index is 0. The number of hydrogen-bond donors (Lipinski definition) is 4. The van der Waals surface area contributed by atoms with Crippen LogP contribution >= 0.6 is 15.6 Å². The van der Waals surface area contributed by atoms with Crippen molar-refractivity contribution in [2.45, 2.75) is 12.3 Å². The molecular weight excluding hydrogens is 413 g/mol. The topological polar surface area (TPSA) is 212 Å². The second-order valence-corrected chi connectivity index (χ2v) is 7.02. The summed E-state index contributed by atoms with van der Waals surface area (Å²) in [6.07, 6.45) is -2.39. The first kappa shape index (κ1) is 25.2. The Morgan fingerprint density at radius 1 is 1.19 bits per heavy atom. The van der Waals surface area contributed by atoms with Gasteiger partial charge in [0.15, 0.2) is 18.8 Å². The van der Waals surface area contributed by atoms with Gasteiger partial charge in [0.25, 0.3) is 5.56 Å². The van der Waals surface area contributed by atoms with Crippen molar-refractivity contribution in [3.8, 4) is 0 Å². The molecule has 0 spiro atoms. The molecule has 0 bridgehead atoms. The minimum atomic E-state index is -5.35. The molecule has 1 rings (SSSR count). The quantitative estimate of drug-likeness (QED) is 0.176. The van der Waals surface area contributed by atoms with E-state index in [2.05, 4.69) is 8.83 Å². The van der Waals surface area contributed by atoms with Gasteiger partial charge in [-0.1, -0.05) is 0 Å². The predicted octanol–water partition coefficient (Wildman–Crippen LogP) is -2.34. The van der Waals surface area contributed by atoms with Gasteiger partial charge in [-0.15, -0.1) is 0 Å². The van der Waals surface area contributed by atoms with Crippen molar-refractivity contribution >= 4 is 57.8 Å². The number of nitrogens with zero attached hydrogens (tertiary/aromatic N) is 1. The molecule has 0 saturated carbocycles. The van der Waals surface area contributed by atoms with Crippen LogP contribution in [0, 0.1) is 0 Å². The number of aromatic nitrogens is 2. The van der Waals surface area contributed by atoms with E-state index in [1.165, 1.54) is 0 Å². The van der Waals surface area contributed by atoms with Gasteiger partial charge in [-0.3, -0.25) is 23.7 Å². The van der Waals surface area contributed by atoms with Crippen LogP contribution in [0.2, 0.25) is 0 Å². The van der Waals surface area contributed by atoms with Crippen molar-refractivity contribution < 1.29 is 47.0 Å². The fraction of sp³-hybridized carbons (Fsp3) is 0.333. The normalized spacial score (nSPS) is 16.0. The molecule has 1 aromatic rings. The molecule has 14 nitrogen and oxygen atoms in total. The van der Waals surface area contributed by atoms with Gasteiger partial charge >= 0.3 is 21.3 Å². The second-order valence-electron chi connectivity index (χ2n) is 4.19. The Kier molecular flexibility index (Phi) is 10.2. The molecule has 141 valence electrons. The van der Waals surface area contributed by atoms with E-state index < -0.39 is 45.8 Å². The molecule has 0 saturated heterocycles. The van der Waals surface area contributed by atoms with Crippen LogP contribution in [0.15, 0.2) is 21.9 Å². The number of rotatable bonds is 10. The summed E-state index contributed by atoms with van der Waals surface area (Å²) in [5.74, 6) is 0. The number of phosphoric acid groups is 2. The zero-order valence-corrected chi connectivity index (χ0v) is 16.8. The number of hydrogen-bond acceptors (Lipinski definition) is 9. The third kappa shape index (κ3) is 8.75. The largest absolute Gasteiger partial charge is 0.481 e. The first-order chi connectivity index (χ1) is 11.5. The molecule has 1 aromatic heterocycles. The Morgan fingerprint density at radius 3 is 2.27 bits per heavy atom. The molecule has 17 heteroatoms. The van der Waals surface area contributed by atoms with Crippen LogP contribution in [0.1, 0.15) is 6.23 Å². The van der Waals surface area contributed by atoms with Gasteiger partial charge in [0, 0.05) is 41.8 Å². The molecule has 3 unspecified atom stereocenters. The molecular formula is C9H12N2NaO12P2. The summed E-state index contributed by atoms with van der Waals surface area (Å²) in [4.78, 5) is 72.1. The van der Waals surface area contributed by atoms with Gasteiger partial charge in [0.2, 0.25) is 0 Å². The number of aldehydes is 2. The van der Waals surface area contributed by atoms with E-state index >= 15 is 0 Å². The monoisotopic (exact) mass is 425 g/mol. The fourth-order valence-electron chi connectivity index (χ4n) is 1.41. The molecule has 0 aromatic carbocycles. The summed E-state index contributed by atoms with van der Waals surface area (Å²) in [5, 5.41) is 0. The fourth-order valence-corrected chi connectivity index (χ4v) is 3.01. The van der Waals surface area contributed by atoms with Crippen molar-refractivity contribution in [2.24, 2.45) is 0 Å². The Morgan fingerprint density at radius 2 is 1.81 bits per heavy atom. The van der Waals surface area contributed by atoms with E-state index in [1.807, 2.05) is 4.98 Å². The number of H-pyrrole nitrogens is 1. The van der Waals surface area contributed by atoms with Crippen molar-refractivity contribution in [3.63, 3.8) is 0 Å². The van der Waals surface area contributed by atoms with Crippen LogP contribution in [0.5, 0.6) is 0 Å². The SMILES string of the molecule is O=CC(COP(=O)(O)OP(=O)(O)O)OC(C=O)n1ccc(=O)[nH]c1=O.[Na]. The smallest absolute Gasteiger partial charge is 0.338 e. The molecule has 1 heterocycles. The summed E-state index contributed by atoms with van der Waals surface area (Å²) in [5.41, 5.74) is -1.79. The summed E-state index contributed by atoms with van der Waals surface area (Å²) >= 11 is 0. The maximum absolute atomic E-state index is 11.5. The van der Waals surface area contributed by atoms with Gasteiger partial charge in [-0.05, 0) is 0 Å². The van der Waals surface area contributed by atoms with Crippen LogP contribution in [-0.4, -0.2) is 79.1 Å². The predicted molar refractivity (Wildman–Crippen MR) is 82.0 cm³/mol. The number of carbonyl (C=O) groups excluding carboxylic acids is 2. The van der Waals surface area contributed by atoms with Gasteiger partial charge in [0.05, 0.1) is 6.61 Å². The van der Waals surface area contributed by atoms with Gasteiger partial charge in [0.1, 0.15) is 6.10 Å². The number of aromatic amines is 1. The Labute approximate surface area is 166 Å². The molecule has 0 amide bonds. The summed E-state index contributed by atoms with van der Waals surface area (Å²) < 4.78 is 34.9. The van der Waals surface area contributed by atoms with E-state index in [1.54, 1.807) is 0 Å². The Balaban J connectivity index is 0.00000625. The van der Waals surface area contributed by atoms with Crippen molar-refractivity contribution in [1.29, 1.82) is 0 Å². The van der Waals surface area contributed by atoms with Crippen molar-refractivity contribution in [1.82, 2.24) is 9.55 Å². The molecule has 26 heavy (non-hydrogen) atoms. The van der Waals surface area contributed by atoms with Gasteiger partial charge in [-0.25, -0.2) is 13.9 Å². The number of ether oxygens (including phenoxy) is 1. The average molecular weight is 425 g/mol. The molecule has 0 aliphatic heterocycles. The summed E-state index contributed by atoms with van der Waals surface area (Å²) in [6.45, 7) is -1.04. The summed E-state index contributed by atoms with van der Waals surface area (Å²) in [6, 6.07) is 0.892. The number of phosphoric ester groups is 1. The van der Waals surface area contributed by atoms with Crippen molar-refractivity contribution in [3.05, 3.63) is 33.1 Å². The molecule has 0 fully saturated rings. The van der Waals surface area contributed by atoms with Crippen LogP contribution in [0.4, 0.5) is 0 Å². The Hall–Kier alpha value is -0.760. The minimum Gasteiger partial charge on any atom is -0.338 e. The maximum atomic E-state index is 11.5. The molecule has 0 aliphatic rings. The van der Waals surface area contributed by atoms with Gasteiger partial charge in [-0.2, -0.15) is 4.31 Å². The van der Waals surface area contributed by atoms with E-state index in [9.17, 15) is 28.3 Å². The average Bonchev–Trinajstić information content (AvgIpc) is 2.46. The number of carbonyl (C=O) groups is 2. The molecule has 3 atom stereocenters. The van der Waals surface area contributed by atoms with E-state index in [0.717, 1.165) is 12.3 Å². The first-order valence-electron chi connectivity index (χ1n) is 6.09. The van der Waals surface area contributed by atoms with Crippen LogP contribution in [0.3, 0.4) is 0 Å². The van der Waals surface area contributed by atoms with Crippen LogP contribution in [0.25, 0.3) is 0 Å². The molecule has 0 aliphatic carbocycles. The zero-order chi connectivity index (χ0) is 19.3. The third-order valence-electron chi connectivity index (χ3n) is 2.32. The number of nitrogens with one attached hydrogen (secondary N) is 1. The Bertz CT molecular complexity index is 830. The zero-order valence-electron chi connectivity index (χ0n) is 13.0. The second kappa shape index (κ2) is 10.5. The molecule has 4 N–H and O–H groups in total. The summed E-state index contributed by atoms with van der Waals surface area (Å²) in [7, 11) is -10.6. The first-order valence-corrected chi connectivity index (χ1v) is 9.12. The van der Waals surface area contributed by atoms with Crippen molar-refractivity contribution in [2.75, 3.05) is 6.61 Å². The van der Waals surface area contributed by atoms with E-state index in [0.29, 0.717) is 4.57 Å². The standard InChI is InChI=1S/C9H12N2O12P2.Na/c12-3-6(5-21-25(19,20)23-24(16,17)18)22-8(4-13)11-2-1-7(14)10-9(11)15;/h1-4,6,8H,5H2,(H,19,20)(H,10,14,15)(H2,16,17,18);. The van der Waals surface area contributed by atoms with E-state index in [4.69, 9.17) is 19.4 Å². The maximum Gasteiger partial charge on any atom is 0.481 e. The molecule has 1 radical (unpaired) electrons. The van der Waals surface area contributed by atoms with E-state index in [-0.39, 0.29) is 42.1 Å².